The van der Waals surface area contributed by atoms with Gasteiger partial charge in [-0.1, -0.05) is 0 Å². The van der Waals surface area contributed by atoms with Crippen molar-refractivity contribution in [2.45, 2.75) is 39.3 Å². The third kappa shape index (κ3) is 4.33. The number of carbonyl (C=O) groups excluding carboxylic acids is 1. The summed E-state index contributed by atoms with van der Waals surface area (Å²) in [5.74, 6) is 0. The van der Waals surface area contributed by atoms with Gasteiger partial charge in [0.1, 0.15) is 5.60 Å². The van der Waals surface area contributed by atoms with Crippen LogP contribution in [0.25, 0.3) is 0 Å². The molecule has 116 valence electrons. The third-order valence-corrected chi connectivity index (χ3v) is 3.73. The summed E-state index contributed by atoms with van der Waals surface area (Å²) < 4.78 is 6.39. The maximum Gasteiger partial charge on any atom is 0.410 e. The number of anilines is 1. The van der Waals surface area contributed by atoms with E-state index in [9.17, 15) is 4.79 Å². The fraction of sp³-hybridized carbons (Fsp3) is 0.600. The molecule has 1 amide bonds. The largest absolute Gasteiger partial charge is 0.444 e. The number of ether oxygens (including phenoxy) is 1. The van der Waals surface area contributed by atoms with E-state index in [-0.39, 0.29) is 12.1 Å². The fourth-order valence-electron chi connectivity index (χ4n) is 2.39. The van der Waals surface area contributed by atoms with Gasteiger partial charge in [0.15, 0.2) is 0 Å². The Kier molecular flexibility index (Phi) is 4.76. The van der Waals surface area contributed by atoms with E-state index >= 15 is 0 Å². The molecule has 0 aromatic carbocycles. The second kappa shape index (κ2) is 6.22. The zero-order valence-electron chi connectivity index (χ0n) is 13.0. The number of halogens is 1. The summed E-state index contributed by atoms with van der Waals surface area (Å²) in [5, 5.41) is 0. The molecule has 1 aromatic rings. The quantitative estimate of drug-likeness (QED) is 0.775. The van der Waals surface area contributed by atoms with Gasteiger partial charge in [0, 0.05) is 36.3 Å². The van der Waals surface area contributed by atoms with Gasteiger partial charge in [-0.2, -0.15) is 0 Å². The number of pyridine rings is 1. The lowest BCUT2D eigenvalue weighted by Crippen LogP contribution is -2.54. The van der Waals surface area contributed by atoms with Crippen LogP contribution in [0, 0.1) is 0 Å². The van der Waals surface area contributed by atoms with Gasteiger partial charge in [0.05, 0.1) is 11.9 Å². The lowest BCUT2D eigenvalue weighted by molar-refractivity contribution is 0.0219. The molecule has 0 unspecified atom stereocenters. The molecule has 0 aliphatic carbocycles. The number of amides is 1. The molecule has 1 aliphatic heterocycles. The van der Waals surface area contributed by atoms with Crippen LogP contribution in [0.5, 0.6) is 0 Å². The zero-order chi connectivity index (χ0) is 15.6. The topological polar surface area (TPSA) is 45.7 Å². The normalized spacial score (nSPS) is 19.6. The van der Waals surface area contributed by atoms with Gasteiger partial charge in [-0.25, -0.2) is 4.79 Å². The summed E-state index contributed by atoms with van der Waals surface area (Å²) in [5.41, 5.74) is 0.617. The number of carbonyl (C=O) groups is 1. The minimum atomic E-state index is -0.453. The molecule has 1 fully saturated rings. The van der Waals surface area contributed by atoms with E-state index in [4.69, 9.17) is 4.74 Å². The van der Waals surface area contributed by atoms with Crippen molar-refractivity contribution >= 4 is 27.7 Å². The first-order chi connectivity index (χ1) is 9.76. The predicted octanol–water partition coefficient (Wildman–Crippen LogP) is 3.29. The molecular formula is C15H22BrN3O2. The minimum absolute atomic E-state index is 0.224. The number of hydrogen-bond donors (Lipinski definition) is 0. The number of piperazine rings is 1. The van der Waals surface area contributed by atoms with Gasteiger partial charge >= 0.3 is 6.09 Å². The highest BCUT2D eigenvalue weighted by molar-refractivity contribution is 9.10. The summed E-state index contributed by atoms with van der Waals surface area (Å²) in [4.78, 5) is 20.4. The Morgan fingerprint density at radius 1 is 1.38 bits per heavy atom. The van der Waals surface area contributed by atoms with Crippen molar-refractivity contribution in [1.82, 2.24) is 9.88 Å². The first-order valence-corrected chi connectivity index (χ1v) is 7.91. The van der Waals surface area contributed by atoms with Crippen molar-refractivity contribution in [2.24, 2.45) is 0 Å². The highest BCUT2D eigenvalue weighted by Gasteiger charge is 2.30. The highest BCUT2D eigenvalue weighted by Crippen LogP contribution is 2.23. The Balaban J connectivity index is 2.01. The summed E-state index contributed by atoms with van der Waals surface area (Å²) >= 11 is 3.44. The maximum absolute atomic E-state index is 12.1. The van der Waals surface area contributed by atoms with Gasteiger partial charge in [-0.05, 0) is 49.7 Å². The van der Waals surface area contributed by atoms with Crippen LogP contribution in [0.2, 0.25) is 0 Å². The van der Waals surface area contributed by atoms with Gasteiger partial charge in [-0.3, -0.25) is 4.98 Å². The van der Waals surface area contributed by atoms with E-state index in [0.717, 1.165) is 16.7 Å². The third-order valence-electron chi connectivity index (χ3n) is 3.30. The van der Waals surface area contributed by atoms with Gasteiger partial charge in [0.2, 0.25) is 0 Å². The van der Waals surface area contributed by atoms with Crippen molar-refractivity contribution in [2.75, 3.05) is 24.5 Å². The molecule has 0 bridgehead atoms. The van der Waals surface area contributed by atoms with E-state index < -0.39 is 5.60 Å². The van der Waals surface area contributed by atoms with Crippen LogP contribution in [-0.4, -0.2) is 47.3 Å². The van der Waals surface area contributed by atoms with Crippen LogP contribution in [-0.2, 0) is 4.74 Å². The fourth-order valence-corrected chi connectivity index (χ4v) is 2.74. The van der Waals surface area contributed by atoms with Crippen LogP contribution in [0.15, 0.2) is 22.9 Å². The van der Waals surface area contributed by atoms with Crippen LogP contribution in [0.4, 0.5) is 10.5 Å². The van der Waals surface area contributed by atoms with Gasteiger partial charge in [-0.15, -0.1) is 0 Å². The molecule has 1 aliphatic rings. The number of aromatic nitrogens is 1. The molecule has 1 saturated heterocycles. The monoisotopic (exact) mass is 355 g/mol. The number of nitrogens with zero attached hydrogens (tertiary/aromatic N) is 3. The van der Waals surface area contributed by atoms with E-state index in [1.54, 1.807) is 11.1 Å². The molecule has 0 saturated carbocycles. The Hall–Kier alpha value is -1.30. The average Bonchev–Trinajstić information content (AvgIpc) is 2.36. The minimum Gasteiger partial charge on any atom is -0.444 e. The van der Waals surface area contributed by atoms with Crippen LogP contribution in [0.1, 0.15) is 27.7 Å². The van der Waals surface area contributed by atoms with Gasteiger partial charge in [0.25, 0.3) is 0 Å². The molecule has 0 spiro atoms. The second-order valence-corrected chi connectivity index (χ2v) is 7.25. The number of hydrogen-bond acceptors (Lipinski definition) is 4. The first kappa shape index (κ1) is 16.1. The lowest BCUT2D eigenvalue weighted by Gasteiger charge is -2.41. The molecule has 5 nitrogen and oxygen atoms in total. The van der Waals surface area contributed by atoms with E-state index in [0.29, 0.717) is 13.1 Å². The lowest BCUT2D eigenvalue weighted by atomic mass is 10.1. The smallest absolute Gasteiger partial charge is 0.410 e. The summed E-state index contributed by atoms with van der Waals surface area (Å²) in [6, 6.07) is 2.27. The van der Waals surface area contributed by atoms with Crippen molar-refractivity contribution < 1.29 is 9.53 Å². The average molecular weight is 356 g/mol. The highest BCUT2D eigenvalue weighted by atomic mass is 79.9. The van der Waals surface area contributed by atoms with Crippen LogP contribution >= 0.6 is 15.9 Å². The predicted molar refractivity (Wildman–Crippen MR) is 86.6 cm³/mol. The summed E-state index contributed by atoms with van der Waals surface area (Å²) in [6.45, 7) is 9.86. The SMILES string of the molecule is C[C@@H]1CN(C(=O)OC(C)(C)C)CCN1c1cncc(Br)c1. The standard InChI is InChI=1S/C15H22BrN3O2/c1-11-10-18(14(20)21-15(2,3)4)5-6-19(11)13-7-12(16)8-17-9-13/h7-9,11H,5-6,10H2,1-4H3/t11-/m1/s1. The van der Waals surface area contributed by atoms with Crippen molar-refractivity contribution in [3.63, 3.8) is 0 Å². The molecule has 0 N–H and O–H groups in total. The first-order valence-electron chi connectivity index (χ1n) is 7.11. The van der Waals surface area contributed by atoms with E-state index in [2.05, 4.69) is 32.7 Å². The Morgan fingerprint density at radius 2 is 2.10 bits per heavy atom. The van der Waals surface area contributed by atoms with Crippen molar-refractivity contribution in [1.29, 1.82) is 0 Å². The molecule has 1 atom stereocenters. The Bertz CT molecular complexity index is 516. The second-order valence-electron chi connectivity index (χ2n) is 6.33. The summed E-state index contributed by atoms with van der Waals surface area (Å²) in [6.07, 6.45) is 3.39. The maximum atomic E-state index is 12.1. The molecule has 2 rings (SSSR count). The van der Waals surface area contributed by atoms with Crippen LogP contribution in [0.3, 0.4) is 0 Å². The molecular weight excluding hydrogens is 334 g/mol. The van der Waals surface area contributed by atoms with E-state index in [1.807, 2.05) is 33.0 Å². The molecule has 2 heterocycles. The molecule has 21 heavy (non-hydrogen) atoms. The van der Waals surface area contributed by atoms with Crippen LogP contribution < -0.4 is 4.90 Å². The molecule has 1 aromatic heterocycles. The molecule has 6 heteroatoms. The van der Waals surface area contributed by atoms with Gasteiger partial charge < -0.3 is 14.5 Å². The van der Waals surface area contributed by atoms with Crippen molar-refractivity contribution in [3.05, 3.63) is 22.9 Å². The molecule has 0 radical (unpaired) electrons. The van der Waals surface area contributed by atoms with Crippen molar-refractivity contribution in [3.8, 4) is 0 Å². The Morgan fingerprint density at radius 3 is 2.67 bits per heavy atom. The number of rotatable bonds is 1. The zero-order valence-corrected chi connectivity index (χ0v) is 14.6. The Labute approximate surface area is 134 Å². The van der Waals surface area contributed by atoms with E-state index in [1.165, 1.54) is 0 Å². The summed E-state index contributed by atoms with van der Waals surface area (Å²) in [7, 11) is 0.